The van der Waals surface area contributed by atoms with Crippen molar-refractivity contribution in [3.8, 4) is 0 Å². The Morgan fingerprint density at radius 1 is 1.10 bits per heavy atom. The molecule has 0 aliphatic carbocycles. The molecule has 0 unspecified atom stereocenters. The molecule has 0 spiro atoms. The second-order valence-electron chi connectivity index (χ2n) is 7.36. The van der Waals surface area contributed by atoms with Crippen LogP contribution in [0.3, 0.4) is 0 Å². The lowest BCUT2D eigenvalue weighted by Gasteiger charge is -2.21. The van der Waals surface area contributed by atoms with Gasteiger partial charge in [-0.15, -0.1) is 0 Å². The zero-order chi connectivity index (χ0) is 22.4. The van der Waals surface area contributed by atoms with Gasteiger partial charge >= 0.3 is 0 Å². The van der Waals surface area contributed by atoms with Gasteiger partial charge in [0.05, 0.1) is 11.4 Å². The summed E-state index contributed by atoms with van der Waals surface area (Å²) in [4.78, 5) is 26.7. The average Bonchev–Trinajstić information content (AvgIpc) is 3.32. The van der Waals surface area contributed by atoms with Gasteiger partial charge in [-0.3, -0.25) is 9.59 Å². The molecule has 1 fully saturated rings. The first kappa shape index (κ1) is 22.9. The van der Waals surface area contributed by atoms with Crippen molar-refractivity contribution >= 4 is 21.8 Å². The van der Waals surface area contributed by atoms with Crippen LogP contribution in [-0.4, -0.2) is 55.6 Å². The monoisotopic (exact) mass is 447 g/mol. The molecule has 0 radical (unpaired) electrons. The minimum absolute atomic E-state index is 0.0806. The Labute approximate surface area is 181 Å². The topological polar surface area (TPSA) is 86.8 Å². The number of hydrogen-bond donors (Lipinski definition) is 1. The predicted molar refractivity (Wildman–Crippen MR) is 114 cm³/mol. The zero-order valence-corrected chi connectivity index (χ0v) is 18.2. The normalized spacial score (nSPS) is 14.4. The van der Waals surface area contributed by atoms with Crippen molar-refractivity contribution in [2.75, 3.05) is 26.2 Å². The second kappa shape index (κ2) is 10.0. The molecule has 2 amide bonds. The van der Waals surface area contributed by atoms with Gasteiger partial charge < -0.3 is 10.2 Å². The Hall–Kier alpha value is -2.78. The molecular formula is C22H26FN3O4S. The molecule has 1 N–H and O–H groups in total. The van der Waals surface area contributed by atoms with Gasteiger partial charge in [0, 0.05) is 31.7 Å². The molecule has 7 nitrogen and oxygen atoms in total. The molecule has 1 aliphatic heterocycles. The van der Waals surface area contributed by atoms with Crippen LogP contribution < -0.4 is 5.32 Å². The molecule has 2 aromatic carbocycles. The summed E-state index contributed by atoms with van der Waals surface area (Å²) >= 11 is 0. The fourth-order valence-electron chi connectivity index (χ4n) is 3.41. The van der Waals surface area contributed by atoms with Gasteiger partial charge in [0.2, 0.25) is 15.9 Å². The van der Waals surface area contributed by atoms with Gasteiger partial charge in [0.1, 0.15) is 5.82 Å². The lowest BCUT2D eigenvalue weighted by molar-refractivity contribution is -0.121. The van der Waals surface area contributed by atoms with Gasteiger partial charge in [-0.1, -0.05) is 18.2 Å². The highest BCUT2D eigenvalue weighted by Crippen LogP contribution is 2.22. The maximum atomic E-state index is 13.0. The lowest BCUT2D eigenvalue weighted by atomic mass is 10.2. The standard InChI is InChI=1S/C22H26FN3O4S/c1-2-25(16-21(27)24-15-17-8-10-19(23)11-9-17)22(28)18-6-5-7-20(14-18)31(29,30)26-12-3-4-13-26/h5-11,14H,2-4,12-13,15-16H2,1H3,(H,24,27). The third-order valence-corrected chi connectivity index (χ3v) is 7.08. The van der Waals surface area contributed by atoms with Crippen LogP contribution in [0.5, 0.6) is 0 Å². The zero-order valence-electron chi connectivity index (χ0n) is 17.4. The van der Waals surface area contributed by atoms with E-state index in [2.05, 4.69) is 5.32 Å². The average molecular weight is 448 g/mol. The molecule has 3 rings (SSSR count). The van der Waals surface area contributed by atoms with E-state index in [0.29, 0.717) is 13.1 Å². The number of nitrogens with zero attached hydrogens (tertiary/aromatic N) is 2. The largest absolute Gasteiger partial charge is 0.350 e. The first-order chi connectivity index (χ1) is 14.8. The Balaban J connectivity index is 1.65. The highest BCUT2D eigenvalue weighted by Gasteiger charge is 2.28. The summed E-state index contributed by atoms with van der Waals surface area (Å²) in [5.74, 6) is -1.13. The van der Waals surface area contributed by atoms with Crippen molar-refractivity contribution in [1.82, 2.24) is 14.5 Å². The number of amides is 2. The van der Waals surface area contributed by atoms with Crippen molar-refractivity contribution in [2.24, 2.45) is 0 Å². The van der Waals surface area contributed by atoms with Gasteiger partial charge in [-0.25, -0.2) is 12.8 Å². The first-order valence-corrected chi connectivity index (χ1v) is 11.7. The van der Waals surface area contributed by atoms with Crippen LogP contribution in [0.2, 0.25) is 0 Å². The van der Waals surface area contributed by atoms with E-state index in [1.54, 1.807) is 31.2 Å². The Kier molecular flexibility index (Phi) is 7.40. The molecule has 0 bridgehead atoms. The number of sulfonamides is 1. The van der Waals surface area contributed by atoms with E-state index in [9.17, 15) is 22.4 Å². The summed E-state index contributed by atoms with van der Waals surface area (Å²) in [6.45, 7) is 3.04. The van der Waals surface area contributed by atoms with Crippen LogP contribution in [0.15, 0.2) is 53.4 Å². The number of likely N-dealkylation sites (N-methyl/N-ethyl adjacent to an activating group) is 1. The maximum absolute atomic E-state index is 13.0. The van der Waals surface area contributed by atoms with Crippen LogP contribution in [0.1, 0.15) is 35.7 Å². The van der Waals surface area contributed by atoms with Crippen LogP contribution in [0, 0.1) is 5.82 Å². The van der Waals surface area contributed by atoms with Crippen molar-refractivity contribution < 1.29 is 22.4 Å². The molecule has 0 atom stereocenters. The van der Waals surface area contributed by atoms with E-state index < -0.39 is 15.9 Å². The molecule has 1 aliphatic rings. The number of carbonyl (C=O) groups excluding carboxylic acids is 2. The summed E-state index contributed by atoms with van der Waals surface area (Å²) in [6, 6.07) is 11.7. The van der Waals surface area contributed by atoms with Gasteiger partial charge in [-0.05, 0) is 55.7 Å². The number of hydrogen-bond acceptors (Lipinski definition) is 4. The SMILES string of the molecule is CCN(CC(=O)NCc1ccc(F)cc1)C(=O)c1cccc(S(=O)(=O)N2CCCC2)c1. The smallest absolute Gasteiger partial charge is 0.254 e. The predicted octanol–water partition coefficient (Wildman–Crippen LogP) is 2.39. The van der Waals surface area contributed by atoms with Crippen molar-refractivity contribution in [3.05, 3.63) is 65.5 Å². The van der Waals surface area contributed by atoms with Gasteiger partial charge in [0.25, 0.3) is 5.91 Å². The highest BCUT2D eigenvalue weighted by molar-refractivity contribution is 7.89. The Morgan fingerprint density at radius 2 is 1.77 bits per heavy atom. The first-order valence-electron chi connectivity index (χ1n) is 10.2. The minimum atomic E-state index is -3.64. The summed E-state index contributed by atoms with van der Waals surface area (Å²) in [7, 11) is -3.64. The second-order valence-corrected chi connectivity index (χ2v) is 9.30. The van der Waals surface area contributed by atoms with E-state index in [0.717, 1.165) is 18.4 Å². The van der Waals surface area contributed by atoms with Crippen LogP contribution in [-0.2, 0) is 21.4 Å². The summed E-state index contributed by atoms with van der Waals surface area (Å²) in [5.41, 5.74) is 0.956. The van der Waals surface area contributed by atoms with Gasteiger partial charge in [0.15, 0.2) is 0 Å². The molecule has 9 heteroatoms. The van der Waals surface area contributed by atoms with E-state index >= 15 is 0 Å². The van der Waals surface area contributed by atoms with E-state index in [1.165, 1.54) is 33.5 Å². The fourth-order valence-corrected chi connectivity index (χ4v) is 4.97. The summed E-state index contributed by atoms with van der Waals surface area (Å²) in [5, 5.41) is 2.70. The quantitative estimate of drug-likeness (QED) is 0.673. The molecule has 166 valence electrons. The summed E-state index contributed by atoms with van der Waals surface area (Å²) in [6.07, 6.45) is 1.66. The molecule has 1 saturated heterocycles. The van der Waals surface area contributed by atoms with E-state index in [1.807, 2.05) is 0 Å². The van der Waals surface area contributed by atoms with Gasteiger partial charge in [-0.2, -0.15) is 4.31 Å². The Morgan fingerprint density at radius 3 is 2.42 bits per heavy atom. The molecule has 31 heavy (non-hydrogen) atoms. The lowest BCUT2D eigenvalue weighted by Crippen LogP contribution is -2.40. The van der Waals surface area contributed by atoms with Crippen LogP contribution in [0.4, 0.5) is 4.39 Å². The molecule has 1 heterocycles. The molecule has 0 aromatic heterocycles. The number of nitrogens with one attached hydrogen (secondary N) is 1. The third-order valence-electron chi connectivity index (χ3n) is 5.19. The number of halogens is 1. The molecular weight excluding hydrogens is 421 g/mol. The summed E-state index contributed by atoms with van der Waals surface area (Å²) < 4.78 is 40.0. The Bertz CT molecular complexity index is 1030. The maximum Gasteiger partial charge on any atom is 0.254 e. The third kappa shape index (κ3) is 5.68. The van der Waals surface area contributed by atoms with E-state index in [-0.39, 0.29) is 41.8 Å². The van der Waals surface area contributed by atoms with Crippen LogP contribution in [0.25, 0.3) is 0 Å². The molecule has 0 saturated carbocycles. The highest BCUT2D eigenvalue weighted by atomic mass is 32.2. The van der Waals surface area contributed by atoms with Crippen molar-refractivity contribution in [3.63, 3.8) is 0 Å². The van der Waals surface area contributed by atoms with E-state index in [4.69, 9.17) is 0 Å². The minimum Gasteiger partial charge on any atom is -0.350 e. The number of rotatable bonds is 8. The van der Waals surface area contributed by atoms with Crippen LogP contribution >= 0.6 is 0 Å². The number of carbonyl (C=O) groups is 2. The fraction of sp³-hybridized carbons (Fsp3) is 0.364. The number of benzene rings is 2. The van der Waals surface area contributed by atoms with Crippen molar-refractivity contribution in [1.29, 1.82) is 0 Å². The van der Waals surface area contributed by atoms with Crippen molar-refractivity contribution in [2.45, 2.75) is 31.2 Å². The molecule has 2 aromatic rings.